The Morgan fingerprint density at radius 3 is 2.69 bits per heavy atom. The minimum Gasteiger partial charge on any atom is -0.383 e. The Bertz CT molecular complexity index is 568. The summed E-state index contributed by atoms with van der Waals surface area (Å²) in [7, 11) is -1.30. The lowest BCUT2D eigenvalue weighted by Gasteiger charge is -2.39. The number of ether oxygens (including phenoxy) is 1. The van der Waals surface area contributed by atoms with Crippen molar-refractivity contribution in [2.24, 2.45) is 4.99 Å². The molecule has 9 heteroatoms. The van der Waals surface area contributed by atoms with Crippen LogP contribution in [0, 0.1) is 0 Å². The van der Waals surface area contributed by atoms with E-state index in [0.29, 0.717) is 19.1 Å². The van der Waals surface area contributed by atoms with Gasteiger partial charge < -0.3 is 15.0 Å². The standard InChI is InChI=1S/C17H34N4O3S.HI/c1-5-18-16(21-10-12-25(22,23)17(2,3)14-21)19-13-15-7-6-8-20(15)9-11-24-4;/h15H,5-14H2,1-4H3,(H,18,19);1H. The molecule has 154 valence electrons. The fraction of sp³-hybridized carbons (Fsp3) is 0.941. The van der Waals surface area contributed by atoms with E-state index < -0.39 is 14.6 Å². The molecular formula is C17H35IN4O3S. The van der Waals surface area contributed by atoms with Gasteiger partial charge >= 0.3 is 0 Å². The molecule has 0 amide bonds. The Kier molecular flexibility index (Phi) is 9.59. The van der Waals surface area contributed by atoms with Gasteiger partial charge in [0.2, 0.25) is 0 Å². The average Bonchev–Trinajstić information content (AvgIpc) is 2.99. The molecule has 2 aliphatic heterocycles. The van der Waals surface area contributed by atoms with Crippen LogP contribution >= 0.6 is 24.0 Å². The van der Waals surface area contributed by atoms with Crippen molar-refractivity contribution < 1.29 is 13.2 Å². The minimum atomic E-state index is -3.04. The summed E-state index contributed by atoms with van der Waals surface area (Å²) < 4.78 is 28.9. The van der Waals surface area contributed by atoms with Gasteiger partial charge in [-0.1, -0.05) is 0 Å². The van der Waals surface area contributed by atoms with Crippen LogP contribution < -0.4 is 5.32 Å². The summed E-state index contributed by atoms with van der Waals surface area (Å²) in [6, 6.07) is 0.449. The Morgan fingerprint density at radius 1 is 1.35 bits per heavy atom. The number of hydrogen-bond donors (Lipinski definition) is 1. The van der Waals surface area contributed by atoms with E-state index in [9.17, 15) is 8.42 Å². The van der Waals surface area contributed by atoms with Crippen molar-refractivity contribution in [1.29, 1.82) is 0 Å². The Morgan fingerprint density at radius 2 is 2.08 bits per heavy atom. The summed E-state index contributed by atoms with van der Waals surface area (Å²) in [4.78, 5) is 9.39. The monoisotopic (exact) mass is 502 g/mol. The van der Waals surface area contributed by atoms with Crippen LogP contribution in [0.15, 0.2) is 4.99 Å². The van der Waals surface area contributed by atoms with Crippen LogP contribution in [0.2, 0.25) is 0 Å². The van der Waals surface area contributed by atoms with Crippen LogP contribution in [0.4, 0.5) is 0 Å². The highest BCUT2D eigenvalue weighted by Gasteiger charge is 2.41. The van der Waals surface area contributed by atoms with Gasteiger partial charge in [0, 0.05) is 39.3 Å². The van der Waals surface area contributed by atoms with Crippen LogP contribution in [0.1, 0.15) is 33.6 Å². The summed E-state index contributed by atoms with van der Waals surface area (Å²) in [5, 5.41) is 3.34. The topological polar surface area (TPSA) is 74.2 Å². The zero-order chi connectivity index (χ0) is 18.5. The molecule has 26 heavy (non-hydrogen) atoms. The highest BCUT2D eigenvalue weighted by atomic mass is 127. The molecule has 1 atom stereocenters. The lowest BCUT2D eigenvalue weighted by Crippen LogP contribution is -2.57. The zero-order valence-corrected chi connectivity index (χ0v) is 19.7. The third-order valence-corrected chi connectivity index (χ3v) is 7.74. The number of sulfone groups is 1. The molecule has 0 aromatic carbocycles. The van der Waals surface area contributed by atoms with E-state index in [1.54, 1.807) is 7.11 Å². The highest BCUT2D eigenvalue weighted by Crippen LogP contribution is 2.24. The van der Waals surface area contributed by atoms with Crippen LogP contribution in [-0.4, -0.2) is 93.7 Å². The molecule has 0 aromatic rings. The molecule has 1 N–H and O–H groups in total. The Balaban J connectivity index is 0.00000338. The summed E-state index contributed by atoms with van der Waals surface area (Å²) in [5.41, 5.74) is 0. The molecule has 0 saturated carbocycles. The van der Waals surface area contributed by atoms with E-state index >= 15 is 0 Å². The van der Waals surface area contributed by atoms with Crippen molar-refractivity contribution in [3.63, 3.8) is 0 Å². The van der Waals surface area contributed by atoms with E-state index in [4.69, 9.17) is 9.73 Å². The summed E-state index contributed by atoms with van der Waals surface area (Å²) in [6.45, 7) is 11.0. The van der Waals surface area contributed by atoms with Gasteiger partial charge in [0.05, 0.1) is 23.7 Å². The first-order chi connectivity index (χ1) is 11.8. The molecule has 2 aliphatic rings. The second kappa shape index (κ2) is 10.4. The Labute approximate surface area is 175 Å². The van der Waals surface area contributed by atoms with Gasteiger partial charge in [-0.3, -0.25) is 9.89 Å². The quantitative estimate of drug-likeness (QED) is 0.334. The van der Waals surface area contributed by atoms with E-state index in [2.05, 4.69) is 15.1 Å². The fourth-order valence-corrected chi connectivity index (χ4v) is 4.91. The lowest BCUT2D eigenvalue weighted by atomic mass is 10.2. The third kappa shape index (κ3) is 5.93. The van der Waals surface area contributed by atoms with E-state index in [-0.39, 0.29) is 29.7 Å². The summed E-state index contributed by atoms with van der Waals surface area (Å²) >= 11 is 0. The van der Waals surface area contributed by atoms with E-state index in [1.165, 1.54) is 6.42 Å². The normalized spacial score (nSPS) is 25.8. The minimum absolute atomic E-state index is 0. The first-order valence-electron chi connectivity index (χ1n) is 9.29. The lowest BCUT2D eigenvalue weighted by molar-refractivity contribution is 0.142. The number of likely N-dealkylation sites (tertiary alicyclic amines) is 1. The average molecular weight is 502 g/mol. The number of aliphatic imine (C=N–C) groups is 1. The van der Waals surface area contributed by atoms with Crippen LogP contribution in [0.25, 0.3) is 0 Å². The van der Waals surface area contributed by atoms with Crippen molar-refractivity contribution >= 4 is 39.8 Å². The maximum Gasteiger partial charge on any atom is 0.194 e. The number of nitrogens with one attached hydrogen (secondary N) is 1. The summed E-state index contributed by atoms with van der Waals surface area (Å²) in [6.07, 6.45) is 2.36. The van der Waals surface area contributed by atoms with Gasteiger partial charge in [-0.2, -0.15) is 0 Å². The molecule has 0 aliphatic carbocycles. The number of guanidine groups is 1. The fourth-order valence-electron chi connectivity index (χ4n) is 3.55. The van der Waals surface area contributed by atoms with Gasteiger partial charge in [-0.25, -0.2) is 8.42 Å². The van der Waals surface area contributed by atoms with Crippen LogP contribution in [-0.2, 0) is 14.6 Å². The van der Waals surface area contributed by atoms with Crippen molar-refractivity contribution in [3.05, 3.63) is 0 Å². The third-order valence-electron chi connectivity index (χ3n) is 5.21. The second-order valence-corrected chi connectivity index (χ2v) is 10.3. The Hall–Kier alpha value is -0.130. The number of halogens is 1. The first kappa shape index (κ1) is 23.9. The molecule has 0 bridgehead atoms. The van der Waals surface area contributed by atoms with Crippen molar-refractivity contribution in [3.8, 4) is 0 Å². The molecule has 2 heterocycles. The molecular weight excluding hydrogens is 467 g/mol. The molecule has 0 aromatic heterocycles. The van der Waals surface area contributed by atoms with Crippen molar-refractivity contribution in [2.75, 3.05) is 58.7 Å². The van der Waals surface area contributed by atoms with Gasteiger partial charge in [-0.15, -0.1) is 24.0 Å². The molecule has 2 fully saturated rings. The molecule has 0 spiro atoms. The van der Waals surface area contributed by atoms with Gasteiger partial charge in [0.1, 0.15) is 0 Å². The number of nitrogens with zero attached hydrogens (tertiary/aromatic N) is 3. The highest BCUT2D eigenvalue weighted by molar-refractivity contribution is 14.0. The zero-order valence-electron chi connectivity index (χ0n) is 16.5. The van der Waals surface area contributed by atoms with Gasteiger partial charge in [0.15, 0.2) is 15.8 Å². The van der Waals surface area contributed by atoms with Crippen LogP contribution in [0.5, 0.6) is 0 Å². The number of methoxy groups -OCH3 is 1. The molecule has 2 saturated heterocycles. The predicted molar refractivity (Wildman–Crippen MR) is 117 cm³/mol. The van der Waals surface area contributed by atoms with E-state index in [0.717, 1.165) is 45.2 Å². The summed E-state index contributed by atoms with van der Waals surface area (Å²) in [5.74, 6) is 1.03. The van der Waals surface area contributed by atoms with Gasteiger partial charge in [0.25, 0.3) is 0 Å². The molecule has 7 nitrogen and oxygen atoms in total. The number of rotatable bonds is 6. The van der Waals surface area contributed by atoms with E-state index in [1.807, 2.05) is 20.8 Å². The van der Waals surface area contributed by atoms with Crippen molar-refractivity contribution in [1.82, 2.24) is 15.1 Å². The smallest absolute Gasteiger partial charge is 0.194 e. The maximum atomic E-state index is 12.2. The predicted octanol–water partition coefficient (Wildman–Crippen LogP) is 1.19. The molecule has 1 unspecified atom stereocenters. The van der Waals surface area contributed by atoms with Gasteiger partial charge in [-0.05, 0) is 40.2 Å². The maximum absolute atomic E-state index is 12.2. The largest absolute Gasteiger partial charge is 0.383 e. The van der Waals surface area contributed by atoms with Crippen molar-refractivity contribution in [2.45, 2.75) is 44.4 Å². The second-order valence-electron chi connectivity index (χ2n) is 7.52. The molecule has 0 radical (unpaired) electrons. The van der Waals surface area contributed by atoms with Crippen LogP contribution in [0.3, 0.4) is 0 Å². The number of hydrogen-bond acceptors (Lipinski definition) is 5. The molecule has 2 rings (SSSR count). The first-order valence-corrected chi connectivity index (χ1v) is 10.9. The SMILES string of the molecule is CCNC(=NCC1CCCN1CCOC)N1CCS(=O)(=O)C(C)(C)C1.I.